The van der Waals surface area contributed by atoms with E-state index in [4.69, 9.17) is 15.9 Å². The molecule has 0 saturated heterocycles. The summed E-state index contributed by atoms with van der Waals surface area (Å²) in [6, 6.07) is -0.873. The van der Waals surface area contributed by atoms with Crippen LogP contribution in [0, 0.1) is 0 Å². The highest BCUT2D eigenvalue weighted by Crippen LogP contribution is 2.08. The molecule has 0 spiro atoms. The molecule has 0 bridgehead atoms. The van der Waals surface area contributed by atoms with E-state index in [0.717, 1.165) is 0 Å². The molecule has 16 heavy (non-hydrogen) atoms. The van der Waals surface area contributed by atoms with Gasteiger partial charge in [-0.3, -0.25) is 14.4 Å². The minimum Gasteiger partial charge on any atom is -0.481 e. The highest BCUT2D eigenvalue weighted by atomic mass is 16.4. The van der Waals surface area contributed by atoms with E-state index in [-0.39, 0.29) is 37.0 Å². The van der Waals surface area contributed by atoms with E-state index >= 15 is 0 Å². The molecule has 90 valence electrons. The molecule has 0 aromatic heterocycles. The van der Waals surface area contributed by atoms with Crippen LogP contribution in [-0.2, 0) is 14.4 Å². The fourth-order valence-electron chi connectivity index (χ4n) is 1.09. The first kappa shape index (κ1) is 14.3. The maximum absolute atomic E-state index is 11.4. The third-order valence-corrected chi connectivity index (χ3v) is 1.91. The van der Waals surface area contributed by atoms with Gasteiger partial charge in [0.1, 0.15) is 0 Å². The van der Waals surface area contributed by atoms with Crippen LogP contribution in [0.1, 0.15) is 25.7 Å². The van der Waals surface area contributed by atoms with Gasteiger partial charge in [-0.05, 0) is 6.42 Å². The summed E-state index contributed by atoms with van der Waals surface area (Å²) in [5.41, 5.74) is 5.71. The first-order valence-corrected chi connectivity index (χ1v) is 4.71. The Balaban J connectivity index is 4.00. The average molecular weight is 229 g/mol. The lowest BCUT2D eigenvalue weighted by Gasteiger charge is -2.09. The lowest BCUT2D eigenvalue weighted by atomic mass is 10.0. The number of ketones is 1. The second-order valence-corrected chi connectivity index (χ2v) is 3.50. The van der Waals surface area contributed by atoms with E-state index in [1.807, 2.05) is 0 Å². The Bertz CT molecular complexity index is 310. The predicted octanol–water partition coefficient (Wildman–Crippen LogP) is 0.169. The van der Waals surface area contributed by atoms with Gasteiger partial charge in [0.05, 0.1) is 12.5 Å². The molecular weight excluding hydrogens is 214 g/mol. The Morgan fingerprint density at radius 1 is 1.12 bits per heavy atom. The Labute approximate surface area is 92.7 Å². The van der Waals surface area contributed by atoms with Crippen molar-refractivity contribution < 1.29 is 24.6 Å². The smallest absolute Gasteiger partial charge is 0.307 e. The van der Waals surface area contributed by atoms with Gasteiger partial charge in [0.25, 0.3) is 0 Å². The van der Waals surface area contributed by atoms with E-state index in [0.29, 0.717) is 0 Å². The van der Waals surface area contributed by atoms with Gasteiger partial charge >= 0.3 is 11.9 Å². The number of hydrogen-bond donors (Lipinski definition) is 3. The van der Waals surface area contributed by atoms with Crippen LogP contribution in [0.15, 0.2) is 12.2 Å². The molecule has 1 atom stereocenters. The first-order chi connectivity index (χ1) is 7.32. The first-order valence-electron chi connectivity index (χ1n) is 4.71. The molecule has 0 heterocycles. The predicted molar refractivity (Wildman–Crippen MR) is 55.9 cm³/mol. The molecule has 0 radical (unpaired) electrons. The van der Waals surface area contributed by atoms with Crippen molar-refractivity contribution in [2.24, 2.45) is 5.73 Å². The molecule has 0 aliphatic rings. The van der Waals surface area contributed by atoms with Crippen LogP contribution in [-0.4, -0.2) is 34.0 Å². The topological polar surface area (TPSA) is 118 Å². The van der Waals surface area contributed by atoms with Crippen LogP contribution >= 0.6 is 0 Å². The maximum Gasteiger partial charge on any atom is 0.307 e. The van der Waals surface area contributed by atoms with E-state index < -0.39 is 18.0 Å². The second-order valence-electron chi connectivity index (χ2n) is 3.50. The molecule has 0 aromatic rings. The number of carbonyl (C=O) groups is 3. The van der Waals surface area contributed by atoms with Crippen molar-refractivity contribution in [3.63, 3.8) is 0 Å². The molecule has 0 aliphatic carbocycles. The summed E-state index contributed by atoms with van der Waals surface area (Å²) in [7, 11) is 0. The van der Waals surface area contributed by atoms with Gasteiger partial charge in [0.15, 0.2) is 5.78 Å². The van der Waals surface area contributed by atoms with Crippen molar-refractivity contribution in [2.45, 2.75) is 31.7 Å². The van der Waals surface area contributed by atoms with Crippen LogP contribution in [0.4, 0.5) is 0 Å². The van der Waals surface area contributed by atoms with Crippen molar-refractivity contribution in [1.29, 1.82) is 0 Å². The van der Waals surface area contributed by atoms with Crippen LogP contribution in [0.25, 0.3) is 0 Å². The number of hydrogen-bond acceptors (Lipinski definition) is 4. The molecule has 0 rings (SSSR count). The van der Waals surface area contributed by atoms with Crippen LogP contribution in [0.2, 0.25) is 0 Å². The number of rotatable bonds is 8. The highest BCUT2D eigenvalue weighted by molar-refractivity contribution is 5.87. The lowest BCUT2D eigenvalue weighted by Crippen LogP contribution is -2.31. The Morgan fingerprint density at radius 3 is 2.12 bits per heavy atom. The molecular formula is C10H15NO5. The lowest BCUT2D eigenvalue weighted by molar-refractivity contribution is -0.137. The Hall–Kier alpha value is -1.69. The molecule has 4 N–H and O–H groups in total. The van der Waals surface area contributed by atoms with Gasteiger partial charge in [-0.2, -0.15) is 0 Å². The number of carbonyl (C=O) groups excluding carboxylic acids is 1. The molecule has 6 heteroatoms. The largest absolute Gasteiger partial charge is 0.481 e. The maximum atomic E-state index is 11.4. The summed E-state index contributed by atoms with van der Waals surface area (Å²) in [5.74, 6) is -2.46. The van der Waals surface area contributed by atoms with E-state index in [1.54, 1.807) is 0 Å². The van der Waals surface area contributed by atoms with Gasteiger partial charge in [0.2, 0.25) is 0 Å². The fraction of sp³-hybridized carbons (Fsp3) is 0.500. The molecule has 0 aliphatic heterocycles. The minimum absolute atomic E-state index is 0.0501. The van der Waals surface area contributed by atoms with Gasteiger partial charge < -0.3 is 15.9 Å². The molecule has 0 amide bonds. The van der Waals surface area contributed by atoms with Crippen LogP contribution < -0.4 is 5.73 Å². The number of Topliss-reactive ketones (excluding diaryl/α,β-unsaturated/α-hetero) is 1. The van der Waals surface area contributed by atoms with Crippen LogP contribution in [0.5, 0.6) is 0 Å². The number of carboxylic acids is 2. The third kappa shape index (κ3) is 6.72. The van der Waals surface area contributed by atoms with Gasteiger partial charge in [-0.15, -0.1) is 0 Å². The quantitative estimate of drug-likeness (QED) is 0.510. The van der Waals surface area contributed by atoms with Crippen molar-refractivity contribution in [1.82, 2.24) is 0 Å². The summed E-state index contributed by atoms with van der Waals surface area (Å²) in [5, 5.41) is 16.8. The summed E-state index contributed by atoms with van der Waals surface area (Å²) in [6.45, 7) is 3.44. The SMILES string of the molecule is C=C(CC(=O)O)CC(=O)C(N)CCC(=O)O. The van der Waals surface area contributed by atoms with E-state index in [1.165, 1.54) is 0 Å². The fourth-order valence-corrected chi connectivity index (χ4v) is 1.09. The van der Waals surface area contributed by atoms with Crippen molar-refractivity contribution in [3.05, 3.63) is 12.2 Å². The van der Waals surface area contributed by atoms with Gasteiger partial charge in [-0.1, -0.05) is 12.2 Å². The van der Waals surface area contributed by atoms with Gasteiger partial charge in [0, 0.05) is 12.8 Å². The molecule has 0 saturated carbocycles. The standard InChI is InChI=1S/C10H15NO5/c1-6(5-10(15)16)4-8(12)7(11)2-3-9(13)14/h7H,1-5,11H2,(H,13,14)(H,15,16). The summed E-state index contributed by atoms with van der Waals surface area (Å²) >= 11 is 0. The van der Waals surface area contributed by atoms with Crippen molar-refractivity contribution in [3.8, 4) is 0 Å². The molecule has 1 unspecified atom stereocenters. The summed E-state index contributed by atoms with van der Waals surface area (Å²) in [4.78, 5) is 31.9. The number of carboxylic acid groups (broad SMARTS) is 2. The summed E-state index contributed by atoms with van der Waals surface area (Å²) in [6.07, 6.45) is -0.530. The van der Waals surface area contributed by atoms with Gasteiger partial charge in [-0.25, -0.2) is 0 Å². The molecule has 0 aromatic carbocycles. The average Bonchev–Trinajstić information content (AvgIpc) is 2.12. The zero-order valence-corrected chi connectivity index (χ0v) is 8.81. The molecule has 6 nitrogen and oxygen atoms in total. The van der Waals surface area contributed by atoms with Crippen LogP contribution in [0.3, 0.4) is 0 Å². The summed E-state index contributed by atoms with van der Waals surface area (Å²) < 4.78 is 0. The third-order valence-electron chi connectivity index (χ3n) is 1.91. The highest BCUT2D eigenvalue weighted by Gasteiger charge is 2.16. The number of aliphatic carboxylic acids is 2. The minimum atomic E-state index is -1.06. The normalized spacial score (nSPS) is 11.8. The second kappa shape index (κ2) is 6.73. The van der Waals surface area contributed by atoms with E-state index in [9.17, 15) is 14.4 Å². The number of nitrogens with two attached hydrogens (primary N) is 1. The van der Waals surface area contributed by atoms with Crippen molar-refractivity contribution >= 4 is 17.7 Å². The molecule has 0 fully saturated rings. The van der Waals surface area contributed by atoms with Crippen molar-refractivity contribution in [2.75, 3.05) is 0 Å². The zero-order chi connectivity index (χ0) is 12.7. The van der Waals surface area contributed by atoms with E-state index in [2.05, 4.69) is 6.58 Å². The Kier molecular flexibility index (Phi) is 6.02. The zero-order valence-electron chi connectivity index (χ0n) is 8.81. The Morgan fingerprint density at radius 2 is 1.69 bits per heavy atom. The monoisotopic (exact) mass is 229 g/mol.